The predicted octanol–water partition coefficient (Wildman–Crippen LogP) is 3.42. The third-order valence-corrected chi connectivity index (χ3v) is 5.63. The fourth-order valence-corrected chi connectivity index (χ4v) is 3.68. The fraction of sp³-hybridized carbons (Fsp3) is 0.647. The maximum atomic E-state index is 5.37. The third kappa shape index (κ3) is 3.61. The number of hydrogen-bond donors (Lipinski definition) is 1. The van der Waals surface area contributed by atoms with Crippen molar-refractivity contribution in [3.8, 4) is 5.75 Å². The van der Waals surface area contributed by atoms with Gasteiger partial charge in [-0.15, -0.1) is 0 Å². The Hall–Kier alpha value is -0.580. The van der Waals surface area contributed by atoms with Crippen molar-refractivity contribution in [2.45, 2.75) is 44.8 Å². The normalized spacial score (nSPS) is 26.8. The molecule has 2 fully saturated rings. The molecular weight excluding hydrogens is 328 g/mol. The molecule has 3 nitrogen and oxygen atoms in total. The van der Waals surface area contributed by atoms with Gasteiger partial charge in [0.25, 0.3) is 0 Å². The quantitative estimate of drug-likeness (QED) is 0.878. The van der Waals surface area contributed by atoms with Crippen LogP contribution in [0.3, 0.4) is 0 Å². The smallest absolute Gasteiger partial charge is 0.119 e. The summed E-state index contributed by atoms with van der Waals surface area (Å²) in [6, 6.07) is 7.59. The molecule has 1 aromatic rings. The topological polar surface area (TPSA) is 24.5 Å². The summed E-state index contributed by atoms with van der Waals surface area (Å²) in [4.78, 5) is 2.65. The van der Waals surface area contributed by atoms with E-state index in [0.717, 1.165) is 24.8 Å². The predicted molar refractivity (Wildman–Crippen MR) is 89.7 cm³/mol. The van der Waals surface area contributed by atoms with Gasteiger partial charge >= 0.3 is 0 Å². The number of nitrogens with one attached hydrogen (secondary N) is 1. The Kier molecular flexibility index (Phi) is 4.87. The number of halogens is 1. The summed E-state index contributed by atoms with van der Waals surface area (Å²) < 4.78 is 6.55. The van der Waals surface area contributed by atoms with Gasteiger partial charge in [-0.05, 0) is 48.9 Å². The van der Waals surface area contributed by atoms with Crippen molar-refractivity contribution in [1.82, 2.24) is 10.2 Å². The lowest BCUT2D eigenvalue weighted by molar-refractivity contribution is 0.111. The minimum absolute atomic E-state index is 0.637. The lowest BCUT2D eigenvalue weighted by Gasteiger charge is -2.40. The standard InChI is InChI=1S/C17H25BrN2O/c1-3-14-9-19-17(12-4-5-12)11-20(14)10-13-8-15(21-2)6-7-16(13)18/h6-8,12,14,17,19H,3-5,9-11H2,1-2H3. The number of nitrogens with zero attached hydrogens (tertiary/aromatic N) is 1. The number of hydrogen-bond acceptors (Lipinski definition) is 3. The highest BCUT2D eigenvalue weighted by Gasteiger charge is 2.36. The highest BCUT2D eigenvalue weighted by atomic mass is 79.9. The zero-order valence-electron chi connectivity index (χ0n) is 12.9. The van der Waals surface area contributed by atoms with E-state index in [-0.39, 0.29) is 0 Å². The van der Waals surface area contributed by atoms with Gasteiger partial charge in [-0.1, -0.05) is 22.9 Å². The van der Waals surface area contributed by atoms with Gasteiger partial charge in [-0.2, -0.15) is 0 Å². The van der Waals surface area contributed by atoms with E-state index in [2.05, 4.69) is 45.2 Å². The van der Waals surface area contributed by atoms with E-state index in [0.29, 0.717) is 12.1 Å². The van der Waals surface area contributed by atoms with Crippen LogP contribution in [-0.2, 0) is 6.54 Å². The lowest BCUT2D eigenvalue weighted by atomic mass is 10.0. The van der Waals surface area contributed by atoms with Crippen LogP contribution in [0.2, 0.25) is 0 Å². The molecule has 0 radical (unpaired) electrons. The lowest BCUT2D eigenvalue weighted by Crippen LogP contribution is -2.56. The van der Waals surface area contributed by atoms with Crippen molar-refractivity contribution in [2.75, 3.05) is 20.2 Å². The second-order valence-electron chi connectivity index (χ2n) is 6.30. The number of benzene rings is 1. The fourth-order valence-electron chi connectivity index (χ4n) is 3.31. The van der Waals surface area contributed by atoms with Gasteiger partial charge in [-0.25, -0.2) is 0 Å². The van der Waals surface area contributed by atoms with Crippen LogP contribution in [0.5, 0.6) is 5.75 Å². The first-order chi connectivity index (χ1) is 10.2. The summed E-state index contributed by atoms with van der Waals surface area (Å²) in [6.45, 7) is 5.59. The summed E-state index contributed by atoms with van der Waals surface area (Å²) in [6.07, 6.45) is 4.02. The van der Waals surface area contributed by atoms with Crippen molar-refractivity contribution in [3.63, 3.8) is 0 Å². The maximum Gasteiger partial charge on any atom is 0.119 e. The number of rotatable bonds is 5. The van der Waals surface area contributed by atoms with Gasteiger partial charge < -0.3 is 10.1 Å². The van der Waals surface area contributed by atoms with E-state index in [1.54, 1.807) is 7.11 Å². The zero-order chi connectivity index (χ0) is 14.8. The molecule has 21 heavy (non-hydrogen) atoms. The molecule has 2 unspecified atom stereocenters. The minimum atomic E-state index is 0.637. The molecule has 0 aromatic heterocycles. The van der Waals surface area contributed by atoms with Crippen LogP contribution in [-0.4, -0.2) is 37.2 Å². The van der Waals surface area contributed by atoms with Crippen LogP contribution >= 0.6 is 15.9 Å². The Morgan fingerprint density at radius 2 is 2.19 bits per heavy atom. The van der Waals surface area contributed by atoms with Gasteiger partial charge in [0.1, 0.15) is 5.75 Å². The van der Waals surface area contributed by atoms with Gasteiger partial charge in [-0.3, -0.25) is 4.90 Å². The van der Waals surface area contributed by atoms with Crippen LogP contribution in [0.15, 0.2) is 22.7 Å². The Bertz CT molecular complexity index is 490. The highest BCUT2D eigenvalue weighted by molar-refractivity contribution is 9.10. The van der Waals surface area contributed by atoms with Crippen LogP contribution in [0.4, 0.5) is 0 Å². The average Bonchev–Trinajstić information content (AvgIpc) is 3.34. The van der Waals surface area contributed by atoms with Gasteiger partial charge in [0, 0.05) is 36.2 Å². The molecule has 1 saturated heterocycles. The number of piperazine rings is 1. The SMILES string of the molecule is CCC1CNC(C2CC2)CN1Cc1cc(OC)ccc1Br. The summed E-state index contributed by atoms with van der Waals surface area (Å²) >= 11 is 3.69. The molecule has 1 N–H and O–H groups in total. The Morgan fingerprint density at radius 3 is 2.86 bits per heavy atom. The molecule has 116 valence electrons. The summed E-state index contributed by atoms with van der Waals surface area (Å²) in [5, 5.41) is 3.76. The molecule has 1 aliphatic heterocycles. The molecule has 1 heterocycles. The Balaban J connectivity index is 1.73. The summed E-state index contributed by atoms with van der Waals surface area (Å²) in [7, 11) is 1.73. The first-order valence-corrected chi connectivity index (χ1v) is 8.80. The first kappa shape index (κ1) is 15.3. The summed E-state index contributed by atoms with van der Waals surface area (Å²) in [5.74, 6) is 1.86. The van der Waals surface area contributed by atoms with Crippen LogP contribution in [0.25, 0.3) is 0 Å². The molecule has 2 atom stereocenters. The van der Waals surface area contributed by atoms with Crippen molar-refractivity contribution < 1.29 is 4.74 Å². The average molecular weight is 353 g/mol. The second-order valence-corrected chi connectivity index (χ2v) is 7.16. The Labute approximate surface area is 136 Å². The van der Waals surface area contributed by atoms with Gasteiger partial charge in [0.2, 0.25) is 0 Å². The maximum absolute atomic E-state index is 5.37. The molecule has 0 spiro atoms. The molecule has 2 aliphatic rings. The molecule has 0 amide bonds. The van der Waals surface area contributed by atoms with Crippen LogP contribution < -0.4 is 10.1 Å². The van der Waals surface area contributed by atoms with Gasteiger partial charge in [0.05, 0.1) is 7.11 Å². The number of ether oxygens (including phenoxy) is 1. The van der Waals surface area contributed by atoms with E-state index in [1.165, 1.54) is 35.8 Å². The van der Waals surface area contributed by atoms with E-state index < -0.39 is 0 Å². The first-order valence-electron chi connectivity index (χ1n) is 8.01. The van der Waals surface area contributed by atoms with Crippen molar-refractivity contribution in [3.05, 3.63) is 28.2 Å². The molecule has 4 heteroatoms. The van der Waals surface area contributed by atoms with Crippen molar-refractivity contribution in [1.29, 1.82) is 0 Å². The minimum Gasteiger partial charge on any atom is -0.497 e. The van der Waals surface area contributed by atoms with E-state index in [4.69, 9.17) is 4.74 Å². The largest absolute Gasteiger partial charge is 0.497 e. The summed E-state index contributed by atoms with van der Waals surface area (Å²) in [5.41, 5.74) is 1.32. The van der Waals surface area contributed by atoms with Gasteiger partial charge in [0.15, 0.2) is 0 Å². The highest BCUT2D eigenvalue weighted by Crippen LogP contribution is 2.35. The molecule has 1 aliphatic carbocycles. The molecule has 1 aromatic carbocycles. The van der Waals surface area contributed by atoms with Crippen LogP contribution in [0, 0.1) is 5.92 Å². The number of methoxy groups -OCH3 is 1. The third-order valence-electron chi connectivity index (χ3n) is 4.85. The van der Waals surface area contributed by atoms with Crippen molar-refractivity contribution in [2.24, 2.45) is 5.92 Å². The molecule has 1 saturated carbocycles. The monoisotopic (exact) mass is 352 g/mol. The molecular formula is C17H25BrN2O. The Morgan fingerprint density at radius 1 is 1.38 bits per heavy atom. The van der Waals surface area contributed by atoms with Crippen molar-refractivity contribution >= 4 is 15.9 Å². The molecule has 3 rings (SSSR count). The van der Waals surface area contributed by atoms with Crippen LogP contribution in [0.1, 0.15) is 31.7 Å². The second kappa shape index (κ2) is 6.67. The zero-order valence-corrected chi connectivity index (χ0v) is 14.5. The van der Waals surface area contributed by atoms with E-state index in [1.807, 2.05) is 6.07 Å². The van der Waals surface area contributed by atoms with E-state index in [9.17, 15) is 0 Å². The molecule has 0 bridgehead atoms. The van der Waals surface area contributed by atoms with E-state index >= 15 is 0 Å².